The van der Waals surface area contributed by atoms with Gasteiger partial charge in [0.1, 0.15) is 11.5 Å². The van der Waals surface area contributed by atoms with Crippen LogP contribution in [0.4, 0.5) is 0 Å². The molecule has 0 saturated heterocycles. The molecule has 2 atom stereocenters. The molecule has 0 aromatic heterocycles. The summed E-state index contributed by atoms with van der Waals surface area (Å²) in [7, 11) is 1.67. The van der Waals surface area contributed by atoms with Crippen molar-refractivity contribution in [2.75, 3.05) is 7.11 Å². The Balaban J connectivity index is 1.61. The number of fused-ring (bicyclic) bond motifs is 3. The first-order valence-electron chi connectivity index (χ1n) is 9.35. The molecule has 0 amide bonds. The summed E-state index contributed by atoms with van der Waals surface area (Å²) in [5.74, 6) is 1.70. The molecule has 2 heterocycles. The van der Waals surface area contributed by atoms with Crippen molar-refractivity contribution in [3.63, 3.8) is 0 Å². The van der Waals surface area contributed by atoms with Gasteiger partial charge < -0.3 is 9.47 Å². The molecule has 6 heteroatoms. The molecule has 2 aliphatic rings. The predicted octanol–water partition coefficient (Wildman–Crippen LogP) is 6.46. The minimum atomic E-state index is -0.308. The first-order valence-corrected chi connectivity index (χ1v) is 10.9. The summed E-state index contributed by atoms with van der Waals surface area (Å²) in [6, 6.07) is 22.6. The van der Waals surface area contributed by atoms with E-state index in [1.54, 1.807) is 7.11 Å². The van der Waals surface area contributed by atoms with E-state index in [-0.39, 0.29) is 12.3 Å². The maximum Gasteiger partial charge on any atom is 0.213 e. The predicted molar refractivity (Wildman–Crippen MR) is 120 cm³/mol. The lowest BCUT2D eigenvalue weighted by molar-refractivity contribution is -0.0197. The molecule has 5 rings (SSSR count). The largest absolute Gasteiger partial charge is 0.497 e. The van der Waals surface area contributed by atoms with Crippen LogP contribution in [-0.4, -0.2) is 17.8 Å². The van der Waals surface area contributed by atoms with E-state index < -0.39 is 0 Å². The lowest BCUT2D eigenvalue weighted by atomic mass is 9.96. The zero-order valence-corrected chi connectivity index (χ0v) is 18.9. The molecule has 4 nitrogen and oxygen atoms in total. The average molecular weight is 514 g/mol. The second-order valence-corrected chi connectivity index (χ2v) is 8.83. The molecule has 0 N–H and O–H groups in total. The number of benzene rings is 3. The fourth-order valence-corrected chi connectivity index (χ4v) is 5.26. The molecular weight excluding hydrogens is 496 g/mol. The number of hydrogen-bond acceptors (Lipinski definition) is 4. The number of nitrogens with zero attached hydrogens (tertiary/aromatic N) is 2. The van der Waals surface area contributed by atoms with Crippen LogP contribution in [0, 0.1) is 0 Å². The molecule has 3 aromatic rings. The molecule has 2 aliphatic heterocycles. The minimum Gasteiger partial charge on any atom is -0.497 e. The molecule has 0 fully saturated rings. The van der Waals surface area contributed by atoms with Crippen LogP contribution in [0.1, 0.15) is 35.4 Å². The van der Waals surface area contributed by atoms with E-state index in [0.717, 1.165) is 49.3 Å². The molecule has 0 spiro atoms. The van der Waals surface area contributed by atoms with Gasteiger partial charge in [0.05, 0.1) is 23.3 Å². The van der Waals surface area contributed by atoms with Gasteiger partial charge in [0.15, 0.2) is 0 Å². The highest BCUT2D eigenvalue weighted by atomic mass is 79.9. The van der Waals surface area contributed by atoms with Gasteiger partial charge in [-0.05, 0) is 57.9 Å². The van der Waals surface area contributed by atoms with E-state index in [1.165, 1.54) is 0 Å². The summed E-state index contributed by atoms with van der Waals surface area (Å²) in [6.07, 6.45) is 0.521. The molecule has 0 aliphatic carbocycles. The van der Waals surface area contributed by atoms with Gasteiger partial charge in [0, 0.05) is 22.0 Å². The quantitative estimate of drug-likeness (QED) is 0.403. The van der Waals surface area contributed by atoms with Crippen molar-refractivity contribution < 1.29 is 9.47 Å². The van der Waals surface area contributed by atoms with E-state index >= 15 is 0 Å². The number of ether oxygens (including phenoxy) is 2. The minimum absolute atomic E-state index is 0.106. The van der Waals surface area contributed by atoms with E-state index in [9.17, 15) is 0 Å². The van der Waals surface area contributed by atoms with Gasteiger partial charge in [-0.1, -0.05) is 46.3 Å². The van der Waals surface area contributed by atoms with Crippen molar-refractivity contribution in [1.82, 2.24) is 5.01 Å². The summed E-state index contributed by atoms with van der Waals surface area (Å²) in [5, 5.41) is 7.09. The first kappa shape index (κ1) is 18.7. The Morgan fingerprint density at radius 1 is 1.03 bits per heavy atom. The van der Waals surface area contributed by atoms with Crippen molar-refractivity contribution in [3.8, 4) is 11.5 Å². The Hall–Kier alpha value is -2.31. The van der Waals surface area contributed by atoms with Crippen LogP contribution in [0.25, 0.3) is 0 Å². The SMILES string of the molecule is COc1ccc([C@H]2Oc3c(Br)cc(Br)cc3[C@@H]3CC(c4ccccc4)=NN23)cc1. The normalized spacial score (nSPS) is 19.8. The van der Waals surface area contributed by atoms with E-state index in [0.29, 0.717) is 0 Å². The molecule has 0 unspecified atom stereocenters. The molecule has 0 radical (unpaired) electrons. The maximum atomic E-state index is 6.49. The van der Waals surface area contributed by atoms with Gasteiger partial charge >= 0.3 is 0 Å². The number of methoxy groups -OCH3 is 1. The monoisotopic (exact) mass is 512 g/mol. The van der Waals surface area contributed by atoms with Crippen molar-refractivity contribution >= 4 is 37.6 Å². The first-order chi connectivity index (χ1) is 14.1. The summed E-state index contributed by atoms with van der Waals surface area (Å²) >= 11 is 7.30. The van der Waals surface area contributed by atoms with Crippen molar-refractivity contribution in [2.24, 2.45) is 5.10 Å². The Bertz CT molecular complexity index is 1080. The summed E-state index contributed by atoms with van der Waals surface area (Å²) in [4.78, 5) is 0. The van der Waals surface area contributed by atoms with Crippen LogP contribution in [0.5, 0.6) is 11.5 Å². The maximum absolute atomic E-state index is 6.49. The Morgan fingerprint density at radius 2 is 1.79 bits per heavy atom. The van der Waals surface area contributed by atoms with E-state index in [4.69, 9.17) is 14.6 Å². The fraction of sp³-hybridized carbons (Fsp3) is 0.174. The summed E-state index contributed by atoms with van der Waals surface area (Å²) in [5.41, 5.74) is 4.38. The number of rotatable bonds is 3. The number of hydrazone groups is 1. The van der Waals surface area contributed by atoms with Crippen molar-refractivity contribution in [3.05, 3.63) is 92.4 Å². The Kier molecular flexibility index (Phi) is 4.84. The van der Waals surface area contributed by atoms with Gasteiger partial charge in [-0.15, -0.1) is 0 Å². The third-order valence-corrected chi connectivity index (χ3v) is 6.36. The third-order valence-electron chi connectivity index (χ3n) is 5.32. The summed E-state index contributed by atoms with van der Waals surface area (Å²) in [6.45, 7) is 0. The highest BCUT2D eigenvalue weighted by Gasteiger charge is 2.41. The van der Waals surface area contributed by atoms with Gasteiger partial charge in [-0.2, -0.15) is 5.10 Å². The number of halogens is 2. The van der Waals surface area contributed by atoms with Crippen molar-refractivity contribution in [2.45, 2.75) is 18.7 Å². The molecular formula is C23H18Br2N2O2. The van der Waals surface area contributed by atoms with E-state index in [1.807, 2.05) is 48.5 Å². The summed E-state index contributed by atoms with van der Waals surface area (Å²) < 4.78 is 13.8. The van der Waals surface area contributed by atoms with Gasteiger partial charge in [0.2, 0.25) is 6.23 Å². The topological polar surface area (TPSA) is 34.1 Å². The Morgan fingerprint density at radius 3 is 2.52 bits per heavy atom. The molecule has 0 saturated carbocycles. The zero-order valence-electron chi connectivity index (χ0n) is 15.7. The highest BCUT2D eigenvalue weighted by molar-refractivity contribution is 9.11. The lowest BCUT2D eigenvalue weighted by Crippen LogP contribution is -2.33. The average Bonchev–Trinajstić information content (AvgIpc) is 3.20. The Labute approximate surface area is 186 Å². The van der Waals surface area contributed by atoms with Crippen LogP contribution in [0.15, 0.2) is 80.8 Å². The second-order valence-electron chi connectivity index (χ2n) is 7.06. The molecule has 29 heavy (non-hydrogen) atoms. The number of hydrogen-bond donors (Lipinski definition) is 0. The molecule has 146 valence electrons. The van der Waals surface area contributed by atoms with Crippen LogP contribution in [0.2, 0.25) is 0 Å². The molecule has 3 aromatic carbocycles. The second kappa shape index (κ2) is 7.50. The van der Waals surface area contributed by atoms with Gasteiger partial charge in [0.25, 0.3) is 0 Å². The van der Waals surface area contributed by atoms with Gasteiger partial charge in [-0.25, -0.2) is 5.01 Å². The van der Waals surface area contributed by atoms with Crippen LogP contribution in [0.3, 0.4) is 0 Å². The van der Waals surface area contributed by atoms with Crippen LogP contribution in [-0.2, 0) is 0 Å². The van der Waals surface area contributed by atoms with Crippen molar-refractivity contribution in [1.29, 1.82) is 0 Å². The lowest BCUT2D eigenvalue weighted by Gasteiger charge is -2.38. The standard InChI is InChI=1S/C23H18Br2N2O2/c1-28-17-9-7-15(8-10-17)23-27-21(13-20(26-27)14-5-3-2-4-6-14)18-11-16(24)12-19(25)22(18)29-23/h2-12,21,23H,13H2,1H3/t21-,23+/m0/s1. The fourth-order valence-electron chi connectivity index (χ4n) is 3.91. The van der Waals surface area contributed by atoms with Gasteiger partial charge in [-0.3, -0.25) is 0 Å². The van der Waals surface area contributed by atoms with Crippen LogP contribution >= 0.6 is 31.9 Å². The zero-order chi connectivity index (χ0) is 20.0. The highest BCUT2D eigenvalue weighted by Crippen LogP contribution is 2.50. The third kappa shape index (κ3) is 3.34. The molecule has 0 bridgehead atoms. The van der Waals surface area contributed by atoms with Crippen LogP contribution < -0.4 is 9.47 Å². The smallest absolute Gasteiger partial charge is 0.213 e. The van der Waals surface area contributed by atoms with E-state index in [2.05, 4.69) is 55.1 Å².